The van der Waals surface area contributed by atoms with Gasteiger partial charge in [0.25, 0.3) is 0 Å². The SMILES string of the molecule is Cc1c(C(=O)[O-])ccc(C(=O)[O-])c1C.Cc1c(C(=O)[O-])ccc(C(=O)[O-])c1C.[C+4]. The number of rotatable bonds is 4. The van der Waals surface area contributed by atoms with E-state index in [0.29, 0.717) is 22.3 Å². The predicted molar refractivity (Wildman–Crippen MR) is 92.4 cm³/mol. The Morgan fingerprint density at radius 3 is 0.724 bits per heavy atom. The molecule has 148 valence electrons. The molecule has 0 saturated carbocycles. The van der Waals surface area contributed by atoms with Crippen molar-refractivity contribution >= 4 is 23.9 Å². The molecule has 2 aromatic rings. The molecule has 0 N–H and O–H groups in total. The Morgan fingerprint density at radius 1 is 0.483 bits per heavy atom. The van der Waals surface area contributed by atoms with E-state index in [1.54, 1.807) is 0 Å². The van der Waals surface area contributed by atoms with Gasteiger partial charge < -0.3 is 39.6 Å². The maximum Gasteiger partial charge on any atom is 4.00 e. The van der Waals surface area contributed by atoms with Gasteiger partial charge in [0.05, 0.1) is 23.9 Å². The van der Waals surface area contributed by atoms with Crippen LogP contribution in [0.5, 0.6) is 0 Å². The second kappa shape index (κ2) is 10.0. The van der Waals surface area contributed by atoms with E-state index in [1.165, 1.54) is 52.0 Å². The van der Waals surface area contributed by atoms with E-state index in [-0.39, 0.29) is 29.7 Å². The van der Waals surface area contributed by atoms with Crippen molar-refractivity contribution in [3.8, 4) is 0 Å². The second-order valence-corrected chi connectivity index (χ2v) is 5.97. The quantitative estimate of drug-likeness (QED) is 0.581. The molecule has 0 bridgehead atoms. The van der Waals surface area contributed by atoms with Crippen LogP contribution in [0.2, 0.25) is 0 Å². The summed E-state index contributed by atoms with van der Waals surface area (Å²) >= 11 is 0. The fourth-order valence-electron chi connectivity index (χ4n) is 2.53. The van der Waals surface area contributed by atoms with Crippen molar-refractivity contribution in [2.75, 3.05) is 0 Å². The number of hydrogen-bond acceptors (Lipinski definition) is 8. The van der Waals surface area contributed by atoms with Gasteiger partial charge in [0.1, 0.15) is 0 Å². The first-order valence-electron chi connectivity index (χ1n) is 7.95. The second-order valence-electron chi connectivity index (χ2n) is 5.97. The van der Waals surface area contributed by atoms with Gasteiger partial charge in [-0.2, -0.15) is 0 Å². The third kappa shape index (κ3) is 5.65. The molecule has 0 fully saturated rings. The third-order valence-corrected chi connectivity index (χ3v) is 4.45. The van der Waals surface area contributed by atoms with E-state index in [0.717, 1.165) is 0 Å². The number of aromatic carboxylic acids is 4. The first kappa shape index (κ1) is 25.3. The van der Waals surface area contributed by atoms with Crippen molar-refractivity contribution in [2.45, 2.75) is 27.7 Å². The van der Waals surface area contributed by atoms with Gasteiger partial charge in [-0.15, -0.1) is 0 Å². The van der Waals surface area contributed by atoms with Crippen LogP contribution >= 0.6 is 0 Å². The number of carboxylic acids is 4. The zero-order valence-corrected chi connectivity index (χ0v) is 16.1. The number of benzene rings is 2. The van der Waals surface area contributed by atoms with Gasteiger partial charge in [-0.05, 0) is 49.9 Å². The van der Waals surface area contributed by atoms with Crippen molar-refractivity contribution in [3.05, 3.63) is 76.2 Å². The Labute approximate surface area is 168 Å². The molecule has 0 aliphatic heterocycles. The molecule has 0 aliphatic rings. The van der Waals surface area contributed by atoms with Crippen LogP contribution in [0.25, 0.3) is 0 Å². The fraction of sp³-hybridized carbons (Fsp3) is 0.190. The number of carboxylic acid groups (broad SMARTS) is 4. The van der Waals surface area contributed by atoms with Crippen molar-refractivity contribution in [1.29, 1.82) is 0 Å². The van der Waals surface area contributed by atoms with Gasteiger partial charge in [-0.3, -0.25) is 0 Å². The maximum absolute atomic E-state index is 10.6. The van der Waals surface area contributed by atoms with Crippen LogP contribution in [0.4, 0.5) is 0 Å². The van der Waals surface area contributed by atoms with Crippen molar-refractivity contribution in [2.24, 2.45) is 0 Å². The Balaban J connectivity index is 0.000000523. The first-order valence-corrected chi connectivity index (χ1v) is 7.95. The molecule has 8 nitrogen and oxygen atoms in total. The van der Waals surface area contributed by atoms with Crippen LogP contribution in [-0.2, 0) is 0 Å². The van der Waals surface area contributed by atoms with E-state index < -0.39 is 23.9 Å². The molecule has 2 aromatic carbocycles. The monoisotopic (exact) mass is 396 g/mol. The van der Waals surface area contributed by atoms with Gasteiger partial charge in [-0.25, -0.2) is 0 Å². The molecular weight excluding hydrogens is 380 g/mol. The Bertz CT molecular complexity index is 816. The topological polar surface area (TPSA) is 161 Å². The molecule has 29 heavy (non-hydrogen) atoms. The molecule has 2 rings (SSSR count). The number of carbonyl (C=O) groups is 4. The van der Waals surface area contributed by atoms with Gasteiger partial charge in [-0.1, -0.05) is 24.3 Å². The molecule has 0 aromatic heterocycles. The minimum absolute atomic E-state index is 0. The minimum atomic E-state index is -1.31. The van der Waals surface area contributed by atoms with Crippen LogP contribution in [0.3, 0.4) is 0 Å². The zero-order valence-electron chi connectivity index (χ0n) is 16.1. The Hall–Kier alpha value is -3.68. The summed E-state index contributed by atoms with van der Waals surface area (Å²) in [6, 6.07) is 4.84. The largest absolute Gasteiger partial charge is 4.00 e. The minimum Gasteiger partial charge on any atom is -0.545 e. The summed E-state index contributed by atoms with van der Waals surface area (Å²) in [6.07, 6.45) is 0. The molecule has 0 radical (unpaired) electrons. The van der Waals surface area contributed by atoms with Crippen molar-refractivity contribution in [1.82, 2.24) is 0 Å². The third-order valence-electron chi connectivity index (χ3n) is 4.45. The van der Waals surface area contributed by atoms with Gasteiger partial charge >= 0.3 is 7.43 Å². The van der Waals surface area contributed by atoms with Crippen LogP contribution in [-0.4, -0.2) is 23.9 Å². The molecule has 0 amide bonds. The predicted octanol–water partition coefficient (Wildman–Crippen LogP) is -1.86. The fourth-order valence-corrected chi connectivity index (χ4v) is 2.53. The Morgan fingerprint density at radius 2 is 0.621 bits per heavy atom. The van der Waals surface area contributed by atoms with Gasteiger partial charge in [0, 0.05) is 22.3 Å². The summed E-state index contributed by atoms with van der Waals surface area (Å²) in [5.74, 6) is -5.24. The first-order chi connectivity index (χ1) is 12.9. The van der Waals surface area contributed by atoms with Crippen molar-refractivity contribution < 1.29 is 39.6 Å². The molecule has 0 atom stereocenters. The van der Waals surface area contributed by atoms with Gasteiger partial charge in [0.15, 0.2) is 0 Å². The van der Waals surface area contributed by atoms with Crippen LogP contribution in [0, 0.1) is 35.1 Å². The average molecular weight is 396 g/mol. The maximum atomic E-state index is 10.6. The molecular formula is C21H16O8. The Kier molecular flexibility index (Phi) is 8.75. The molecule has 0 saturated heterocycles. The molecule has 0 spiro atoms. The molecule has 8 heteroatoms. The van der Waals surface area contributed by atoms with Crippen LogP contribution in [0.1, 0.15) is 63.7 Å². The summed E-state index contributed by atoms with van der Waals surface area (Å²) in [5.41, 5.74) is 1.61. The van der Waals surface area contributed by atoms with E-state index in [1.807, 2.05) is 0 Å². The molecule has 0 unspecified atom stereocenters. The normalized spacial score (nSPS) is 9.52. The van der Waals surface area contributed by atoms with E-state index in [9.17, 15) is 39.6 Å². The number of carbonyl (C=O) groups excluding carboxylic acids is 4. The van der Waals surface area contributed by atoms with Crippen LogP contribution < -0.4 is 20.4 Å². The molecule has 0 heterocycles. The summed E-state index contributed by atoms with van der Waals surface area (Å²) in [5, 5.41) is 42.3. The number of hydrogen-bond donors (Lipinski definition) is 0. The summed E-state index contributed by atoms with van der Waals surface area (Å²) in [7, 11) is 0. The van der Waals surface area contributed by atoms with Crippen molar-refractivity contribution in [3.63, 3.8) is 0 Å². The smallest absolute Gasteiger partial charge is 0.545 e. The van der Waals surface area contributed by atoms with E-state index in [4.69, 9.17) is 0 Å². The van der Waals surface area contributed by atoms with Crippen LogP contribution in [0.15, 0.2) is 24.3 Å². The summed E-state index contributed by atoms with van der Waals surface area (Å²) in [6.45, 7) is 6.14. The summed E-state index contributed by atoms with van der Waals surface area (Å²) in [4.78, 5) is 42.3. The summed E-state index contributed by atoms with van der Waals surface area (Å²) < 4.78 is 0. The zero-order chi connectivity index (χ0) is 21.8. The standard InChI is InChI=1S/2C10H10O4.C/c2*1-5-6(2)8(10(13)14)4-3-7(5)9(11)12;/h2*3-4H,1-2H3,(H,11,12)(H,13,14);/q;;+4/p-4. The average Bonchev–Trinajstić information content (AvgIpc) is 2.58. The van der Waals surface area contributed by atoms with E-state index >= 15 is 0 Å². The molecule has 0 aliphatic carbocycles. The van der Waals surface area contributed by atoms with E-state index in [2.05, 4.69) is 0 Å². The van der Waals surface area contributed by atoms with Gasteiger partial charge in [0.2, 0.25) is 0 Å².